The first kappa shape index (κ1) is 15.1. The maximum Gasteiger partial charge on any atom is 0.183 e. The predicted octanol–water partition coefficient (Wildman–Crippen LogP) is 1.42. The second-order valence-electron chi connectivity index (χ2n) is 5.63. The molecule has 22 heavy (non-hydrogen) atoms. The van der Waals surface area contributed by atoms with Crippen molar-refractivity contribution in [1.29, 1.82) is 0 Å². The Morgan fingerprint density at radius 1 is 1.09 bits per heavy atom. The smallest absolute Gasteiger partial charge is 0.183 e. The van der Waals surface area contributed by atoms with Crippen LogP contribution in [0.2, 0.25) is 0 Å². The van der Waals surface area contributed by atoms with E-state index in [4.69, 9.17) is 11.5 Å². The zero-order valence-corrected chi connectivity index (χ0v) is 12.6. The summed E-state index contributed by atoms with van der Waals surface area (Å²) in [5.41, 5.74) is 11.4. The molecule has 0 heterocycles. The van der Waals surface area contributed by atoms with E-state index in [0.717, 1.165) is 0 Å². The van der Waals surface area contributed by atoms with Gasteiger partial charge in [-0.05, 0) is 29.8 Å². The molecule has 1 saturated carbocycles. The number of hydrogen-bond donors (Lipinski definition) is 2. The molecular weight excluding hydrogens is 303 g/mol. The molecule has 6 heteroatoms. The molecule has 2 aromatic carbocycles. The highest BCUT2D eigenvalue weighted by atomic mass is 32.2. The summed E-state index contributed by atoms with van der Waals surface area (Å²) in [6.07, 6.45) is 0. The van der Waals surface area contributed by atoms with Crippen molar-refractivity contribution < 1.29 is 12.8 Å². The first-order valence-electron chi connectivity index (χ1n) is 6.94. The minimum Gasteiger partial charge on any atom is -0.329 e. The third kappa shape index (κ3) is 2.24. The lowest BCUT2D eigenvalue weighted by molar-refractivity contribution is 0.586. The van der Waals surface area contributed by atoms with Crippen LogP contribution in [0.25, 0.3) is 0 Å². The average molecular weight is 320 g/mol. The molecule has 0 amide bonds. The van der Waals surface area contributed by atoms with Crippen molar-refractivity contribution >= 4 is 9.84 Å². The first-order chi connectivity index (χ1) is 10.4. The van der Waals surface area contributed by atoms with E-state index in [1.165, 1.54) is 24.3 Å². The van der Waals surface area contributed by atoms with Crippen molar-refractivity contribution in [2.75, 3.05) is 6.54 Å². The standard InChI is InChI=1S/C16H17FN2O2S/c17-12-6-4-5-11(9-12)14-15(16(14,19)10-18)22(20,21)13-7-2-1-3-8-13/h1-9,14-15H,10,18-19H2/t14-,15-,16-/m0/s1. The lowest BCUT2D eigenvalue weighted by atomic mass is 10.1. The molecule has 0 aliphatic heterocycles. The molecule has 0 spiro atoms. The minimum absolute atomic E-state index is 0.0188. The normalized spacial score (nSPS) is 27.6. The van der Waals surface area contributed by atoms with E-state index in [2.05, 4.69) is 0 Å². The quantitative estimate of drug-likeness (QED) is 0.892. The Bertz CT molecular complexity index is 795. The van der Waals surface area contributed by atoms with E-state index in [1.54, 1.807) is 30.3 Å². The van der Waals surface area contributed by atoms with Crippen LogP contribution >= 0.6 is 0 Å². The highest BCUT2D eigenvalue weighted by molar-refractivity contribution is 7.92. The molecular formula is C16H17FN2O2S. The van der Waals surface area contributed by atoms with E-state index in [1.807, 2.05) is 0 Å². The van der Waals surface area contributed by atoms with Gasteiger partial charge in [-0.3, -0.25) is 0 Å². The highest BCUT2D eigenvalue weighted by Crippen LogP contribution is 2.55. The largest absolute Gasteiger partial charge is 0.329 e. The third-order valence-electron chi connectivity index (χ3n) is 4.27. The Labute approximate surface area is 128 Å². The SMILES string of the molecule is NC[C@]1(N)[C@@H](c2cccc(F)c2)[C@@H]1S(=O)(=O)c1ccccc1. The van der Waals surface area contributed by atoms with E-state index < -0.39 is 32.4 Å². The topological polar surface area (TPSA) is 86.2 Å². The molecule has 0 saturated heterocycles. The summed E-state index contributed by atoms with van der Waals surface area (Å²) in [6.45, 7) is 0.0188. The summed E-state index contributed by atoms with van der Waals surface area (Å²) in [6, 6.07) is 14.0. The van der Waals surface area contributed by atoms with Gasteiger partial charge >= 0.3 is 0 Å². The number of sulfone groups is 1. The maximum absolute atomic E-state index is 13.4. The zero-order chi connectivity index (χ0) is 16.0. The Kier molecular flexibility index (Phi) is 3.55. The predicted molar refractivity (Wildman–Crippen MR) is 82.5 cm³/mol. The second-order valence-corrected chi connectivity index (χ2v) is 7.70. The van der Waals surface area contributed by atoms with Crippen LogP contribution in [0.15, 0.2) is 59.5 Å². The van der Waals surface area contributed by atoms with Crippen LogP contribution in [-0.2, 0) is 9.84 Å². The molecule has 0 unspecified atom stereocenters. The van der Waals surface area contributed by atoms with Crippen LogP contribution < -0.4 is 11.5 Å². The van der Waals surface area contributed by atoms with Gasteiger partial charge in [-0.25, -0.2) is 12.8 Å². The summed E-state index contributed by atoms with van der Waals surface area (Å²) in [7, 11) is -3.62. The summed E-state index contributed by atoms with van der Waals surface area (Å²) >= 11 is 0. The van der Waals surface area contributed by atoms with Gasteiger partial charge in [-0.2, -0.15) is 0 Å². The summed E-state index contributed by atoms with van der Waals surface area (Å²) in [5.74, 6) is -0.918. The Morgan fingerprint density at radius 3 is 2.36 bits per heavy atom. The van der Waals surface area contributed by atoms with Crippen molar-refractivity contribution in [3.63, 3.8) is 0 Å². The summed E-state index contributed by atoms with van der Waals surface area (Å²) in [4.78, 5) is 0.210. The number of hydrogen-bond acceptors (Lipinski definition) is 4. The number of benzene rings is 2. The van der Waals surface area contributed by atoms with Gasteiger partial charge in [0.15, 0.2) is 9.84 Å². The van der Waals surface area contributed by atoms with E-state index in [-0.39, 0.29) is 11.4 Å². The van der Waals surface area contributed by atoms with Crippen LogP contribution in [0.3, 0.4) is 0 Å². The Balaban J connectivity index is 2.04. The molecule has 1 aliphatic rings. The fourth-order valence-corrected chi connectivity index (χ4v) is 5.42. The van der Waals surface area contributed by atoms with Gasteiger partial charge in [0, 0.05) is 12.5 Å². The molecule has 2 aromatic rings. The number of nitrogens with two attached hydrogens (primary N) is 2. The zero-order valence-electron chi connectivity index (χ0n) is 11.8. The second kappa shape index (κ2) is 5.15. The van der Waals surface area contributed by atoms with Crippen LogP contribution in [0.4, 0.5) is 4.39 Å². The monoisotopic (exact) mass is 320 g/mol. The van der Waals surface area contributed by atoms with E-state index in [0.29, 0.717) is 5.56 Å². The molecule has 3 atom stereocenters. The van der Waals surface area contributed by atoms with Gasteiger partial charge in [-0.1, -0.05) is 30.3 Å². The van der Waals surface area contributed by atoms with Crippen molar-refractivity contribution in [3.8, 4) is 0 Å². The van der Waals surface area contributed by atoms with Crippen LogP contribution in [0.1, 0.15) is 11.5 Å². The number of halogens is 1. The fourth-order valence-electron chi connectivity index (χ4n) is 3.08. The van der Waals surface area contributed by atoms with Gasteiger partial charge in [0.25, 0.3) is 0 Å². The maximum atomic E-state index is 13.4. The molecule has 1 aliphatic carbocycles. The van der Waals surface area contributed by atoms with Crippen LogP contribution in [0.5, 0.6) is 0 Å². The molecule has 0 aromatic heterocycles. The van der Waals surface area contributed by atoms with Crippen LogP contribution in [-0.4, -0.2) is 25.8 Å². The van der Waals surface area contributed by atoms with Crippen LogP contribution in [0, 0.1) is 5.82 Å². The Morgan fingerprint density at radius 2 is 1.77 bits per heavy atom. The van der Waals surface area contributed by atoms with Gasteiger partial charge in [0.05, 0.1) is 15.7 Å². The molecule has 0 radical (unpaired) electrons. The van der Waals surface area contributed by atoms with Crippen molar-refractivity contribution in [1.82, 2.24) is 0 Å². The molecule has 3 rings (SSSR count). The van der Waals surface area contributed by atoms with E-state index >= 15 is 0 Å². The average Bonchev–Trinajstić information content (AvgIpc) is 3.16. The first-order valence-corrected chi connectivity index (χ1v) is 8.49. The lowest BCUT2D eigenvalue weighted by Gasteiger charge is -2.08. The van der Waals surface area contributed by atoms with Gasteiger partial charge in [0.2, 0.25) is 0 Å². The molecule has 4 N–H and O–H groups in total. The van der Waals surface area contributed by atoms with Gasteiger partial charge in [0.1, 0.15) is 5.82 Å². The highest BCUT2D eigenvalue weighted by Gasteiger charge is 2.68. The molecule has 0 bridgehead atoms. The fraction of sp³-hybridized carbons (Fsp3) is 0.250. The lowest BCUT2D eigenvalue weighted by Crippen LogP contribution is -2.39. The van der Waals surface area contributed by atoms with E-state index in [9.17, 15) is 12.8 Å². The van der Waals surface area contributed by atoms with Crippen molar-refractivity contribution in [2.24, 2.45) is 11.5 Å². The van der Waals surface area contributed by atoms with Gasteiger partial charge in [-0.15, -0.1) is 0 Å². The number of rotatable bonds is 4. The summed E-state index contributed by atoms with van der Waals surface area (Å²) < 4.78 is 39.1. The van der Waals surface area contributed by atoms with Gasteiger partial charge < -0.3 is 11.5 Å². The summed E-state index contributed by atoms with van der Waals surface area (Å²) in [5, 5.41) is -0.839. The molecule has 1 fully saturated rings. The third-order valence-corrected chi connectivity index (χ3v) is 6.58. The van der Waals surface area contributed by atoms with Crippen molar-refractivity contribution in [2.45, 2.75) is 21.6 Å². The molecule has 116 valence electrons. The minimum atomic E-state index is -3.62. The molecule has 4 nitrogen and oxygen atoms in total. The van der Waals surface area contributed by atoms with Crippen molar-refractivity contribution in [3.05, 3.63) is 66.0 Å². The Hall–Kier alpha value is -1.76.